The fraction of sp³-hybridized carbons (Fsp3) is 0.250. The molecular weight excluding hydrogens is 302 g/mol. The highest BCUT2D eigenvalue weighted by atomic mass is 35.5. The minimum Gasteiger partial charge on any atom is -0.493 e. The largest absolute Gasteiger partial charge is 0.493 e. The first kappa shape index (κ1) is 14.7. The van der Waals surface area contributed by atoms with Crippen LogP contribution in [0.25, 0.3) is 0 Å². The van der Waals surface area contributed by atoms with E-state index >= 15 is 0 Å². The van der Waals surface area contributed by atoms with Crippen LogP contribution in [0.4, 0.5) is 5.69 Å². The Morgan fingerprint density at radius 1 is 1.45 bits per heavy atom. The topological polar surface area (TPSA) is 77.2 Å². The zero-order valence-corrected chi connectivity index (χ0v) is 12.6. The van der Waals surface area contributed by atoms with E-state index in [2.05, 4.69) is 10.3 Å². The second-order valence-corrected chi connectivity index (χ2v) is 5.57. The van der Waals surface area contributed by atoms with Crippen molar-refractivity contribution in [1.29, 1.82) is 0 Å². The molecule has 1 aromatic carbocycles. The lowest BCUT2D eigenvalue weighted by Gasteiger charge is -2.28. The van der Waals surface area contributed by atoms with E-state index in [9.17, 15) is 4.79 Å². The van der Waals surface area contributed by atoms with Gasteiger partial charge in [0, 0.05) is 29.4 Å². The third kappa shape index (κ3) is 3.14. The Hall–Kier alpha value is -2.27. The molecule has 0 saturated carbocycles. The Kier molecular flexibility index (Phi) is 4.15. The van der Waals surface area contributed by atoms with Gasteiger partial charge in [-0.2, -0.15) is 0 Å². The summed E-state index contributed by atoms with van der Waals surface area (Å²) in [6.45, 7) is 0.638. The van der Waals surface area contributed by atoms with Gasteiger partial charge >= 0.3 is 0 Å². The normalized spacial score (nSPS) is 16.5. The number of primary amides is 1. The maximum Gasteiger partial charge on any atom is 0.221 e. The molecule has 2 aromatic rings. The Balaban J connectivity index is 1.90. The van der Waals surface area contributed by atoms with Crippen molar-refractivity contribution >= 4 is 23.2 Å². The van der Waals surface area contributed by atoms with Crippen LogP contribution in [-0.2, 0) is 11.2 Å². The number of para-hydroxylation sites is 1. The summed E-state index contributed by atoms with van der Waals surface area (Å²) in [6, 6.07) is 9.72. The summed E-state index contributed by atoms with van der Waals surface area (Å²) in [5.74, 6) is 0.474. The average Bonchev–Trinajstić information content (AvgIpc) is 2.50. The van der Waals surface area contributed by atoms with Crippen LogP contribution in [-0.4, -0.2) is 17.5 Å². The lowest BCUT2D eigenvalue weighted by atomic mass is 9.99. The van der Waals surface area contributed by atoms with Crippen molar-refractivity contribution in [2.24, 2.45) is 5.73 Å². The van der Waals surface area contributed by atoms with Crippen LogP contribution < -0.4 is 15.8 Å². The molecule has 1 amide bonds. The van der Waals surface area contributed by atoms with Gasteiger partial charge in [0.15, 0.2) is 0 Å². The van der Waals surface area contributed by atoms with E-state index in [1.807, 2.05) is 24.3 Å². The molecule has 0 spiro atoms. The fourth-order valence-electron chi connectivity index (χ4n) is 2.60. The highest BCUT2D eigenvalue weighted by molar-refractivity contribution is 6.29. The number of carbonyl (C=O) groups is 1. The van der Waals surface area contributed by atoms with E-state index < -0.39 is 5.91 Å². The van der Waals surface area contributed by atoms with Crippen LogP contribution >= 0.6 is 11.6 Å². The minimum absolute atomic E-state index is 0.0926. The zero-order valence-electron chi connectivity index (χ0n) is 11.9. The molecule has 114 valence electrons. The van der Waals surface area contributed by atoms with Crippen LogP contribution in [0.5, 0.6) is 5.75 Å². The Labute approximate surface area is 133 Å². The highest BCUT2D eigenvalue weighted by Gasteiger charge is 2.22. The van der Waals surface area contributed by atoms with E-state index in [1.165, 1.54) is 0 Å². The molecule has 0 radical (unpaired) electrons. The number of anilines is 1. The predicted octanol–water partition coefficient (Wildman–Crippen LogP) is 2.70. The molecule has 6 heteroatoms. The number of nitrogens with two attached hydrogens (primary N) is 1. The molecule has 3 rings (SSSR count). The van der Waals surface area contributed by atoms with Crippen molar-refractivity contribution in [3.05, 3.63) is 52.8 Å². The highest BCUT2D eigenvalue weighted by Crippen LogP contribution is 2.35. The minimum atomic E-state index is -0.403. The molecule has 0 saturated heterocycles. The Morgan fingerprint density at radius 2 is 2.27 bits per heavy atom. The molecule has 0 bridgehead atoms. The molecule has 22 heavy (non-hydrogen) atoms. The van der Waals surface area contributed by atoms with Gasteiger partial charge in [0.25, 0.3) is 0 Å². The lowest BCUT2D eigenvalue weighted by Crippen LogP contribution is -2.22. The zero-order chi connectivity index (χ0) is 15.5. The van der Waals surface area contributed by atoms with Crippen molar-refractivity contribution < 1.29 is 9.53 Å². The molecule has 3 N–H and O–H groups in total. The van der Waals surface area contributed by atoms with E-state index in [0.29, 0.717) is 11.8 Å². The summed E-state index contributed by atoms with van der Waals surface area (Å²) in [5, 5.41) is 3.81. The third-order valence-corrected chi connectivity index (χ3v) is 3.81. The summed E-state index contributed by atoms with van der Waals surface area (Å²) in [6.07, 6.45) is 2.53. The third-order valence-electron chi connectivity index (χ3n) is 3.61. The van der Waals surface area contributed by atoms with Crippen molar-refractivity contribution in [2.45, 2.75) is 18.9 Å². The second-order valence-electron chi connectivity index (χ2n) is 5.18. The number of aromatic nitrogens is 1. The molecule has 0 fully saturated rings. The number of nitrogens with one attached hydrogen (secondary N) is 1. The summed E-state index contributed by atoms with van der Waals surface area (Å²) < 4.78 is 5.66. The van der Waals surface area contributed by atoms with Gasteiger partial charge in [0.1, 0.15) is 10.9 Å². The predicted molar refractivity (Wildman–Crippen MR) is 85.1 cm³/mol. The molecule has 2 heterocycles. The molecule has 1 aliphatic rings. The van der Waals surface area contributed by atoms with E-state index in [0.717, 1.165) is 29.0 Å². The number of rotatable bonds is 4. The first-order valence-electron chi connectivity index (χ1n) is 7.04. The number of fused-ring (bicyclic) bond motifs is 1. The fourth-order valence-corrected chi connectivity index (χ4v) is 2.76. The van der Waals surface area contributed by atoms with Crippen molar-refractivity contribution in [1.82, 2.24) is 4.98 Å². The van der Waals surface area contributed by atoms with Crippen molar-refractivity contribution in [2.75, 3.05) is 11.9 Å². The summed E-state index contributed by atoms with van der Waals surface area (Å²) in [5.41, 5.74) is 7.90. The SMILES string of the molecule is NC(=O)Cc1cnc(Cl)cc1NC1CCOc2ccccc21. The number of amides is 1. The number of hydrogen-bond donors (Lipinski definition) is 2. The molecular formula is C16H16ClN3O2. The molecule has 0 aliphatic carbocycles. The number of halogens is 1. The average molecular weight is 318 g/mol. The quantitative estimate of drug-likeness (QED) is 0.850. The van der Waals surface area contributed by atoms with Crippen LogP contribution in [0.15, 0.2) is 36.5 Å². The number of benzene rings is 1. The molecule has 1 aliphatic heterocycles. The van der Waals surface area contributed by atoms with Gasteiger partial charge in [-0.1, -0.05) is 29.8 Å². The van der Waals surface area contributed by atoms with Gasteiger partial charge in [-0.25, -0.2) is 4.98 Å². The maximum absolute atomic E-state index is 11.2. The smallest absolute Gasteiger partial charge is 0.221 e. The Bertz CT molecular complexity index is 706. The van der Waals surface area contributed by atoms with E-state index in [-0.39, 0.29) is 12.5 Å². The van der Waals surface area contributed by atoms with Crippen LogP contribution in [0.2, 0.25) is 5.15 Å². The summed E-state index contributed by atoms with van der Waals surface area (Å²) in [7, 11) is 0. The van der Waals surface area contributed by atoms with Gasteiger partial charge in [-0.15, -0.1) is 0 Å². The Morgan fingerprint density at radius 3 is 3.09 bits per heavy atom. The van der Waals surface area contributed by atoms with Gasteiger partial charge in [0.05, 0.1) is 19.1 Å². The standard InChI is InChI=1S/C16H16ClN3O2/c17-15-8-13(10(9-19-15)7-16(18)21)20-12-5-6-22-14-4-2-1-3-11(12)14/h1-4,8-9,12H,5-7H2,(H2,18,21)(H,19,20). The van der Waals surface area contributed by atoms with Gasteiger partial charge in [0.2, 0.25) is 5.91 Å². The number of nitrogens with zero attached hydrogens (tertiary/aromatic N) is 1. The van der Waals surface area contributed by atoms with Gasteiger partial charge in [-0.05, 0) is 12.1 Å². The van der Waals surface area contributed by atoms with Gasteiger partial charge < -0.3 is 15.8 Å². The van der Waals surface area contributed by atoms with E-state index in [1.54, 1.807) is 12.3 Å². The lowest BCUT2D eigenvalue weighted by molar-refractivity contribution is -0.117. The van der Waals surface area contributed by atoms with E-state index in [4.69, 9.17) is 22.1 Å². The number of hydrogen-bond acceptors (Lipinski definition) is 4. The maximum atomic E-state index is 11.2. The molecule has 1 atom stereocenters. The summed E-state index contributed by atoms with van der Waals surface area (Å²) >= 11 is 5.98. The van der Waals surface area contributed by atoms with Crippen LogP contribution in [0.3, 0.4) is 0 Å². The number of ether oxygens (including phenoxy) is 1. The second kappa shape index (κ2) is 6.23. The van der Waals surface area contributed by atoms with Crippen molar-refractivity contribution in [3.8, 4) is 5.75 Å². The van der Waals surface area contributed by atoms with Crippen molar-refractivity contribution in [3.63, 3.8) is 0 Å². The molecule has 1 aromatic heterocycles. The van der Waals surface area contributed by atoms with Crippen LogP contribution in [0, 0.1) is 0 Å². The first-order chi connectivity index (χ1) is 10.6. The van der Waals surface area contributed by atoms with Gasteiger partial charge in [-0.3, -0.25) is 4.79 Å². The molecule has 5 nitrogen and oxygen atoms in total. The number of carbonyl (C=O) groups excluding carboxylic acids is 1. The monoisotopic (exact) mass is 317 g/mol. The summed E-state index contributed by atoms with van der Waals surface area (Å²) in [4.78, 5) is 15.2. The molecule has 1 unspecified atom stereocenters. The van der Waals surface area contributed by atoms with Crippen LogP contribution in [0.1, 0.15) is 23.6 Å². The number of pyridine rings is 1. The first-order valence-corrected chi connectivity index (χ1v) is 7.42.